The topological polar surface area (TPSA) is 118 Å². The van der Waals surface area contributed by atoms with E-state index in [-0.39, 0.29) is 36.3 Å². The lowest BCUT2D eigenvalue weighted by Crippen LogP contribution is -2.26. The summed E-state index contributed by atoms with van der Waals surface area (Å²) < 4.78 is 22.4. The number of nitrogens with one attached hydrogen (secondary N) is 2. The first-order valence-corrected chi connectivity index (χ1v) is 7.07. The van der Waals surface area contributed by atoms with Gasteiger partial charge in [-0.2, -0.15) is 5.21 Å². The Kier molecular flexibility index (Phi) is 3.36. The van der Waals surface area contributed by atoms with E-state index in [2.05, 4.69) is 25.9 Å². The second kappa shape index (κ2) is 4.78. The Balaban J connectivity index is 1.75. The number of aromatic amines is 1. The zero-order valence-corrected chi connectivity index (χ0v) is 9.90. The van der Waals surface area contributed by atoms with Crippen LogP contribution in [0.5, 0.6) is 0 Å². The molecule has 0 saturated carbocycles. The van der Waals surface area contributed by atoms with Gasteiger partial charge >= 0.3 is 0 Å². The molecule has 0 bridgehead atoms. The van der Waals surface area contributed by atoms with E-state index in [9.17, 15) is 13.2 Å². The van der Waals surface area contributed by atoms with Crippen molar-refractivity contribution < 1.29 is 13.2 Å². The first-order valence-electron chi connectivity index (χ1n) is 5.24. The molecule has 1 fully saturated rings. The number of amides is 1. The predicted molar refractivity (Wildman–Crippen MR) is 57.4 cm³/mol. The summed E-state index contributed by atoms with van der Waals surface area (Å²) in [4.78, 5) is 11.5. The predicted octanol–water partition coefficient (Wildman–Crippen LogP) is -1.36. The van der Waals surface area contributed by atoms with Gasteiger partial charge in [-0.15, -0.1) is 10.2 Å². The minimum absolute atomic E-state index is 0.0646. The van der Waals surface area contributed by atoms with Crippen molar-refractivity contribution in [1.29, 1.82) is 0 Å². The zero-order chi connectivity index (χ0) is 12.3. The van der Waals surface area contributed by atoms with Crippen LogP contribution >= 0.6 is 0 Å². The van der Waals surface area contributed by atoms with Crippen molar-refractivity contribution >= 4 is 15.7 Å². The number of hydrogen-bond acceptors (Lipinski definition) is 6. The van der Waals surface area contributed by atoms with Gasteiger partial charge in [0.25, 0.3) is 0 Å². The zero-order valence-electron chi connectivity index (χ0n) is 9.09. The van der Waals surface area contributed by atoms with E-state index in [0.29, 0.717) is 12.2 Å². The van der Waals surface area contributed by atoms with Crippen LogP contribution < -0.4 is 5.32 Å². The van der Waals surface area contributed by atoms with E-state index >= 15 is 0 Å². The summed E-state index contributed by atoms with van der Waals surface area (Å²) in [5.74, 6) is 0.456. The molecule has 1 atom stereocenters. The smallest absolute Gasteiger partial charge is 0.220 e. The van der Waals surface area contributed by atoms with E-state index < -0.39 is 9.84 Å². The van der Waals surface area contributed by atoms with E-state index in [4.69, 9.17) is 0 Å². The highest BCUT2D eigenvalue weighted by atomic mass is 32.2. The Morgan fingerprint density at radius 1 is 1.53 bits per heavy atom. The van der Waals surface area contributed by atoms with Crippen LogP contribution in [0.25, 0.3) is 0 Å². The van der Waals surface area contributed by atoms with Crippen LogP contribution in [0, 0.1) is 5.92 Å². The van der Waals surface area contributed by atoms with Crippen LogP contribution in [-0.4, -0.2) is 46.5 Å². The Morgan fingerprint density at radius 3 is 2.94 bits per heavy atom. The maximum absolute atomic E-state index is 11.5. The number of hydrogen-bond donors (Lipinski definition) is 2. The van der Waals surface area contributed by atoms with Gasteiger partial charge in [-0.3, -0.25) is 4.79 Å². The summed E-state index contributed by atoms with van der Waals surface area (Å²) >= 11 is 0. The molecule has 1 unspecified atom stereocenters. The van der Waals surface area contributed by atoms with Gasteiger partial charge in [-0.25, -0.2) is 8.42 Å². The standard InChI is InChI=1S/C8H13N5O3S/c14-8(9-4-7-10-12-13-11-7)3-6-1-2-17(15,16)5-6/h6H,1-5H2,(H,9,14)(H,10,11,12,13). The highest BCUT2D eigenvalue weighted by Gasteiger charge is 2.29. The van der Waals surface area contributed by atoms with Gasteiger partial charge in [0.05, 0.1) is 18.1 Å². The van der Waals surface area contributed by atoms with Crippen molar-refractivity contribution in [2.75, 3.05) is 11.5 Å². The van der Waals surface area contributed by atoms with Crippen LogP contribution in [0.1, 0.15) is 18.7 Å². The molecule has 2 heterocycles. The van der Waals surface area contributed by atoms with Crippen molar-refractivity contribution in [3.8, 4) is 0 Å². The van der Waals surface area contributed by atoms with E-state index in [1.807, 2.05) is 0 Å². The quantitative estimate of drug-likeness (QED) is 0.689. The fraction of sp³-hybridized carbons (Fsp3) is 0.750. The van der Waals surface area contributed by atoms with Gasteiger partial charge in [0.1, 0.15) is 0 Å². The molecule has 1 aliphatic heterocycles. The van der Waals surface area contributed by atoms with Crippen LogP contribution in [-0.2, 0) is 21.2 Å². The third-order valence-corrected chi connectivity index (χ3v) is 4.47. The van der Waals surface area contributed by atoms with Gasteiger partial charge in [-0.1, -0.05) is 5.21 Å². The molecule has 1 aromatic rings. The lowest BCUT2D eigenvalue weighted by atomic mass is 10.1. The van der Waals surface area contributed by atoms with Gasteiger partial charge < -0.3 is 5.32 Å². The normalized spacial score (nSPS) is 22.5. The van der Waals surface area contributed by atoms with Gasteiger partial charge in [0.2, 0.25) is 5.91 Å². The fourth-order valence-electron chi connectivity index (χ4n) is 1.80. The number of rotatable bonds is 4. The van der Waals surface area contributed by atoms with E-state index in [0.717, 1.165) is 0 Å². The lowest BCUT2D eigenvalue weighted by Gasteiger charge is -2.06. The van der Waals surface area contributed by atoms with Crippen molar-refractivity contribution in [3.63, 3.8) is 0 Å². The molecule has 2 N–H and O–H groups in total. The summed E-state index contributed by atoms with van der Waals surface area (Å²) in [6.45, 7) is 0.203. The Labute approximate surface area is 98.1 Å². The highest BCUT2D eigenvalue weighted by Crippen LogP contribution is 2.21. The molecule has 9 heteroatoms. The molecular weight excluding hydrogens is 246 g/mol. The molecule has 2 rings (SSSR count). The molecule has 0 spiro atoms. The van der Waals surface area contributed by atoms with Crippen molar-refractivity contribution in [2.45, 2.75) is 19.4 Å². The summed E-state index contributed by atoms with van der Waals surface area (Å²) in [6.07, 6.45) is 0.801. The minimum atomic E-state index is -2.92. The molecule has 1 saturated heterocycles. The number of carbonyl (C=O) groups excluding carboxylic acids is 1. The summed E-state index contributed by atoms with van der Waals surface area (Å²) in [5.41, 5.74) is 0. The van der Waals surface area contributed by atoms with Crippen LogP contribution in [0.2, 0.25) is 0 Å². The van der Waals surface area contributed by atoms with Crippen LogP contribution in [0.15, 0.2) is 0 Å². The third kappa shape index (κ3) is 3.48. The molecule has 17 heavy (non-hydrogen) atoms. The first-order chi connectivity index (χ1) is 8.05. The van der Waals surface area contributed by atoms with Crippen molar-refractivity contribution in [3.05, 3.63) is 5.82 Å². The molecule has 0 radical (unpaired) electrons. The number of H-pyrrole nitrogens is 1. The minimum Gasteiger partial charge on any atom is -0.349 e. The van der Waals surface area contributed by atoms with Crippen LogP contribution in [0.3, 0.4) is 0 Å². The lowest BCUT2D eigenvalue weighted by molar-refractivity contribution is -0.122. The van der Waals surface area contributed by atoms with Gasteiger partial charge in [-0.05, 0) is 12.3 Å². The number of carbonyl (C=O) groups is 1. The SMILES string of the molecule is O=C(CC1CCS(=O)(=O)C1)NCc1nn[nH]n1. The van der Waals surface area contributed by atoms with Crippen LogP contribution in [0.4, 0.5) is 0 Å². The molecule has 1 aromatic heterocycles. The maximum atomic E-state index is 11.5. The molecule has 94 valence electrons. The summed E-state index contributed by atoms with van der Waals surface area (Å²) in [6, 6.07) is 0. The maximum Gasteiger partial charge on any atom is 0.220 e. The molecule has 0 aliphatic carbocycles. The highest BCUT2D eigenvalue weighted by molar-refractivity contribution is 7.91. The van der Waals surface area contributed by atoms with Gasteiger partial charge in [0.15, 0.2) is 15.7 Å². The summed E-state index contributed by atoms with van der Waals surface area (Å²) in [5, 5.41) is 15.6. The second-order valence-corrected chi connectivity index (χ2v) is 6.31. The monoisotopic (exact) mass is 259 g/mol. The Bertz CT molecular complexity index is 483. The Morgan fingerprint density at radius 2 is 2.35 bits per heavy atom. The molecular formula is C8H13N5O3S. The average molecular weight is 259 g/mol. The van der Waals surface area contributed by atoms with Gasteiger partial charge in [0, 0.05) is 6.42 Å². The van der Waals surface area contributed by atoms with E-state index in [1.165, 1.54) is 0 Å². The number of tetrazole rings is 1. The Hall–Kier alpha value is -1.51. The van der Waals surface area contributed by atoms with Crippen molar-refractivity contribution in [2.24, 2.45) is 5.92 Å². The molecule has 0 aromatic carbocycles. The second-order valence-electron chi connectivity index (χ2n) is 4.08. The molecule has 8 nitrogen and oxygen atoms in total. The summed E-state index contributed by atoms with van der Waals surface area (Å²) in [7, 11) is -2.92. The third-order valence-electron chi connectivity index (χ3n) is 2.63. The fourth-order valence-corrected chi connectivity index (χ4v) is 3.66. The number of sulfone groups is 1. The molecule has 1 amide bonds. The number of aromatic nitrogens is 4. The van der Waals surface area contributed by atoms with Crippen molar-refractivity contribution in [1.82, 2.24) is 25.9 Å². The molecule has 1 aliphatic rings. The first kappa shape index (κ1) is 12.0. The largest absolute Gasteiger partial charge is 0.349 e. The van der Waals surface area contributed by atoms with E-state index in [1.54, 1.807) is 0 Å². The average Bonchev–Trinajstić information content (AvgIpc) is 2.85. The number of nitrogens with zero attached hydrogens (tertiary/aromatic N) is 3.